The van der Waals surface area contributed by atoms with Gasteiger partial charge in [-0.2, -0.15) is 0 Å². The summed E-state index contributed by atoms with van der Waals surface area (Å²) >= 11 is 6.17. The summed E-state index contributed by atoms with van der Waals surface area (Å²) in [5.41, 5.74) is 8.18. The number of hydrogen-bond donors (Lipinski definition) is 2. The number of para-hydroxylation sites is 1. The summed E-state index contributed by atoms with van der Waals surface area (Å²) in [6, 6.07) is 12.5. The predicted molar refractivity (Wildman–Crippen MR) is 77.6 cm³/mol. The Morgan fingerprint density at radius 1 is 1.05 bits per heavy atom. The highest BCUT2D eigenvalue weighted by atomic mass is 35.5. The molecule has 0 saturated carbocycles. The van der Waals surface area contributed by atoms with Crippen molar-refractivity contribution in [3.05, 3.63) is 64.8 Å². The van der Waals surface area contributed by atoms with Crippen LogP contribution in [0.5, 0.6) is 0 Å². The third-order valence-electron chi connectivity index (χ3n) is 3.10. The summed E-state index contributed by atoms with van der Waals surface area (Å²) in [5.74, 6) is -0.127. The fourth-order valence-electron chi connectivity index (χ4n) is 2.17. The number of benzene rings is 2. The highest BCUT2D eigenvalue weighted by Crippen LogP contribution is 2.29. The summed E-state index contributed by atoms with van der Waals surface area (Å²) in [6.45, 7) is 0. The van der Waals surface area contributed by atoms with E-state index in [-0.39, 0.29) is 5.78 Å². The minimum Gasteiger partial charge on any atom is -0.398 e. The van der Waals surface area contributed by atoms with Crippen LogP contribution in [0.25, 0.3) is 10.9 Å². The Hall–Kier alpha value is -2.26. The van der Waals surface area contributed by atoms with Crippen LogP contribution in [-0.2, 0) is 0 Å². The van der Waals surface area contributed by atoms with Crippen LogP contribution in [0.1, 0.15) is 15.9 Å². The van der Waals surface area contributed by atoms with Crippen molar-refractivity contribution in [3.63, 3.8) is 0 Å². The Morgan fingerprint density at radius 2 is 1.84 bits per heavy atom. The Balaban J connectivity index is 2.21. The minimum atomic E-state index is -0.127. The number of halogens is 1. The van der Waals surface area contributed by atoms with Gasteiger partial charge < -0.3 is 10.7 Å². The molecule has 0 aliphatic heterocycles. The number of nitrogens with one attached hydrogen (secondary N) is 1. The van der Waals surface area contributed by atoms with Crippen molar-refractivity contribution in [1.82, 2.24) is 4.98 Å². The molecular weight excluding hydrogens is 260 g/mol. The smallest absolute Gasteiger partial charge is 0.197 e. The third kappa shape index (κ3) is 1.88. The number of aromatic amines is 1. The zero-order valence-corrected chi connectivity index (χ0v) is 10.7. The molecule has 0 saturated heterocycles. The van der Waals surface area contributed by atoms with Gasteiger partial charge in [-0.25, -0.2) is 0 Å². The third-order valence-corrected chi connectivity index (χ3v) is 3.42. The Labute approximate surface area is 115 Å². The van der Waals surface area contributed by atoms with Crippen LogP contribution in [-0.4, -0.2) is 10.8 Å². The first kappa shape index (κ1) is 11.8. The van der Waals surface area contributed by atoms with E-state index in [0.717, 1.165) is 10.9 Å². The highest BCUT2D eigenvalue weighted by Gasteiger charge is 2.17. The Morgan fingerprint density at radius 3 is 2.63 bits per heavy atom. The summed E-state index contributed by atoms with van der Waals surface area (Å²) < 4.78 is 0. The maximum atomic E-state index is 12.5. The molecule has 1 aromatic heterocycles. The van der Waals surface area contributed by atoms with Crippen LogP contribution in [0.4, 0.5) is 5.69 Å². The van der Waals surface area contributed by atoms with E-state index >= 15 is 0 Å². The maximum Gasteiger partial charge on any atom is 0.197 e. The zero-order valence-electron chi connectivity index (χ0n) is 9.98. The fraction of sp³-hybridized carbons (Fsp3) is 0. The van der Waals surface area contributed by atoms with E-state index in [9.17, 15) is 4.79 Å². The largest absolute Gasteiger partial charge is 0.398 e. The molecule has 0 fully saturated rings. The summed E-state index contributed by atoms with van der Waals surface area (Å²) in [5, 5.41) is 1.29. The molecule has 0 radical (unpaired) electrons. The second kappa shape index (κ2) is 4.44. The van der Waals surface area contributed by atoms with Gasteiger partial charge in [0.25, 0.3) is 0 Å². The predicted octanol–water partition coefficient (Wildman–Crippen LogP) is 3.63. The maximum absolute atomic E-state index is 12.5. The topological polar surface area (TPSA) is 58.9 Å². The average molecular weight is 271 g/mol. The van der Waals surface area contributed by atoms with Crippen molar-refractivity contribution in [2.75, 3.05) is 5.73 Å². The number of aromatic nitrogens is 1. The number of carbonyl (C=O) groups is 1. The van der Waals surface area contributed by atoms with Crippen LogP contribution >= 0.6 is 11.6 Å². The molecule has 4 heteroatoms. The van der Waals surface area contributed by atoms with Gasteiger partial charge in [-0.05, 0) is 24.3 Å². The normalized spacial score (nSPS) is 10.8. The van der Waals surface area contributed by atoms with Crippen LogP contribution in [0.15, 0.2) is 48.7 Å². The van der Waals surface area contributed by atoms with Crippen molar-refractivity contribution in [1.29, 1.82) is 0 Å². The second-order valence-corrected chi connectivity index (χ2v) is 4.69. The van der Waals surface area contributed by atoms with Crippen molar-refractivity contribution < 1.29 is 4.79 Å². The Bertz CT molecular complexity index is 777. The van der Waals surface area contributed by atoms with Crippen LogP contribution < -0.4 is 5.73 Å². The van der Waals surface area contributed by atoms with Gasteiger partial charge in [0, 0.05) is 33.9 Å². The lowest BCUT2D eigenvalue weighted by atomic mass is 10.0. The molecule has 0 aliphatic carbocycles. The van der Waals surface area contributed by atoms with Crippen LogP contribution in [0, 0.1) is 0 Å². The van der Waals surface area contributed by atoms with Gasteiger partial charge in [0.2, 0.25) is 0 Å². The van der Waals surface area contributed by atoms with E-state index in [1.807, 2.05) is 12.1 Å². The van der Waals surface area contributed by atoms with Gasteiger partial charge >= 0.3 is 0 Å². The van der Waals surface area contributed by atoms with E-state index in [1.54, 1.807) is 36.5 Å². The quantitative estimate of drug-likeness (QED) is 0.552. The summed E-state index contributed by atoms with van der Waals surface area (Å²) in [6.07, 6.45) is 1.67. The number of hydrogen-bond acceptors (Lipinski definition) is 2. The van der Waals surface area contributed by atoms with Crippen molar-refractivity contribution >= 4 is 34.0 Å². The number of carbonyl (C=O) groups excluding carboxylic acids is 1. The molecule has 3 rings (SSSR count). The van der Waals surface area contributed by atoms with Gasteiger partial charge in [-0.15, -0.1) is 0 Å². The summed E-state index contributed by atoms with van der Waals surface area (Å²) in [7, 11) is 0. The van der Waals surface area contributed by atoms with Gasteiger partial charge in [-0.1, -0.05) is 29.8 Å². The molecular formula is C15H11ClN2O. The highest BCUT2D eigenvalue weighted by molar-refractivity contribution is 6.37. The first-order chi connectivity index (χ1) is 9.18. The molecule has 0 bridgehead atoms. The van der Waals surface area contributed by atoms with E-state index in [4.69, 9.17) is 17.3 Å². The number of fused-ring (bicyclic) bond motifs is 1. The number of nitrogens with two attached hydrogens (primary N) is 1. The van der Waals surface area contributed by atoms with Crippen molar-refractivity contribution in [2.24, 2.45) is 0 Å². The summed E-state index contributed by atoms with van der Waals surface area (Å²) in [4.78, 5) is 15.6. The molecule has 94 valence electrons. The molecule has 3 nitrogen and oxygen atoms in total. The first-order valence-electron chi connectivity index (χ1n) is 5.83. The van der Waals surface area contributed by atoms with Gasteiger partial charge in [-0.3, -0.25) is 4.79 Å². The number of ketones is 1. The molecule has 0 unspecified atom stereocenters. The second-order valence-electron chi connectivity index (χ2n) is 4.28. The first-order valence-corrected chi connectivity index (χ1v) is 6.21. The lowest BCUT2D eigenvalue weighted by molar-refractivity contribution is 0.104. The molecule has 0 aliphatic rings. The van der Waals surface area contributed by atoms with Crippen LogP contribution in [0.2, 0.25) is 5.02 Å². The average Bonchev–Trinajstić information content (AvgIpc) is 2.84. The molecule has 2 aromatic carbocycles. The SMILES string of the molecule is Nc1ccccc1C(=O)c1c[nH]c2cccc(Cl)c12. The molecule has 3 N–H and O–H groups in total. The lowest BCUT2D eigenvalue weighted by Crippen LogP contribution is -2.04. The van der Waals surface area contributed by atoms with Gasteiger partial charge in [0.1, 0.15) is 0 Å². The number of H-pyrrole nitrogens is 1. The molecule has 0 amide bonds. The molecule has 1 heterocycles. The van der Waals surface area contributed by atoms with E-state index in [1.165, 1.54) is 0 Å². The number of anilines is 1. The standard InChI is InChI=1S/C15H11ClN2O/c16-11-5-3-7-13-14(11)10(8-18-13)15(19)9-4-1-2-6-12(9)17/h1-8,18H,17H2. The van der Waals surface area contributed by atoms with Gasteiger partial charge in [0.15, 0.2) is 5.78 Å². The minimum absolute atomic E-state index is 0.127. The Kier molecular flexibility index (Phi) is 2.76. The van der Waals surface area contributed by atoms with E-state index in [0.29, 0.717) is 21.8 Å². The van der Waals surface area contributed by atoms with Gasteiger partial charge in [0.05, 0.1) is 5.02 Å². The van der Waals surface area contributed by atoms with E-state index < -0.39 is 0 Å². The van der Waals surface area contributed by atoms with Crippen LogP contribution in [0.3, 0.4) is 0 Å². The van der Waals surface area contributed by atoms with Crippen molar-refractivity contribution in [2.45, 2.75) is 0 Å². The molecule has 3 aromatic rings. The number of rotatable bonds is 2. The van der Waals surface area contributed by atoms with E-state index in [2.05, 4.69) is 4.98 Å². The molecule has 19 heavy (non-hydrogen) atoms. The molecule has 0 atom stereocenters. The molecule has 0 spiro atoms. The lowest BCUT2D eigenvalue weighted by Gasteiger charge is -2.04. The monoisotopic (exact) mass is 270 g/mol. The fourth-order valence-corrected chi connectivity index (χ4v) is 2.44. The van der Waals surface area contributed by atoms with Crippen molar-refractivity contribution in [3.8, 4) is 0 Å². The zero-order chi connectivity index (χ0) is 13.4. The number of nitrogen functional groups attached to an aromatic ring is 1.